The molecule has 0 aliphatic rings. The Hall–Kier alpha value is -3.52. The van der Waals surface area contributed by atoms with Gasteiger partial charge in [0.15, 0.2) is 0 Å². The molecule has 0 atom stereocenters. The van der Waals surface area contributed by atoms with E-state index in [1.54, 1.807) is 11.6 Å². The van der Waals surface area contributed by atoms with Gasteiger partial charge in [-0.25, -0.2) is 9.18 Å². The highest BCUT2D eigenvalue weighted by Gasteiger charge is 2.25. The third kappa shape index (κ3) is 4.59. The van der Waals surface area contributed by atoms with Crippen molar-refractivity contribution in [2.24, 2.45) is 0 Å². The third-order valence-electron chi connectivity index (χ3n) is 5.76. The highest BCUT2D eigenvalue weighted by atomic mass is 19.1. The summed E-state index contributed by atoms with van der Waals surface area (Å²) in [6.07, 6.45) is 0. The molecule has 0 spiro atoms. The van der Waals surface area contributed by atoms with Gasteiger partial charge in [-0.05, 0) is 45.4 Å². The number of halogens is 1. The van der Waals surface area contributed by atoms with Gasteiger partial charge in [-0.15, -0.1) is 0 Å². The molecule has 0 saturated carbocycles. The second-order valence-electron chi connectivity index (χ2n) is 8.44. The van der Waals surface area contributed by atoms with Gasteiger partial charge in [-0.2, -0.15) is 5.10 Å². The van der Waals surface area contributed by atoms with Gasteiger partial charge in [0.05, 0.1) is 23.2 Å². The monoisotopic (exact) mass is 466 g/mol. The predicted octanol–water partition coefficient (Wildman–Crippen LogP) is 5.13. The van der Waals surface area contributed by atoms with Crippen LogP contribution in [0.1, 0.15) is 32.4 Å². The Morgan fingerprint density at radius 1 is 1.26 bits per heavy atom. The molecule has 0 unspecified atom stereocenters. The number of anilines is 1. The molecule has 0 radical (unpaired) electrons. The van der Waals surface area contributed by atoms with Crippen molar-refractivity contribution in [1.29, 1.82) is 0 Å². The third-order valence-corrected chi connectivity index (χ3v) is 5.76. The topological polar surface area (TPSA) is 67.7 Å². The number of rotatable bonds is 7. The van der Waals surface area contributed by atoms with Crippen molar-refractivity contribution in [3.8, 4) is 11.3 Å². The van der Waals surface area contributed by atoms with Crippen molar-refractivity contribution in [2.75, 3.05) is 32.2 Å². The Kier molecular flexibility index (Phi) is 7.51. The van der Waals surface area contributed by atoms with Crippen molar-refractivity contribution >= 4 is 22.6 Å². The molecule has 0 bridgehead atoms. The first kappa shape index (κ1) is 25.1. The molecule has 0 aliphatic carbocycles. The number of carbonyl (C=O) groups excluding carboxylic acids is 1. The molecule has 1 heterocycles. The fraction of sp³-hybridized carbons (Fsp3) is 0.346. The summed E-state index contributed by atoms with van der Waals surface area (Å²) in [6, 6.07) is 9.60. The maximum Gasteiger partial charge on any atom is 0.328 e. The molecule has 0 N–H and O–H groups in total. The smallest absolute Gasteiger partial charge is 0.328 e. The van der Waals surface area contributed by atoms with E-state index in [-0.39, 0.29) is 34.8 Å². The highest BCUT2D eigenvalue weighted by molar-refractivity contribution is 5.95. The van der Waals surface area contributed by atoms with E-state index in [4.69, 9.17) is 4.74 Å². The minimum absolute atomic E-state index is 0.0420. The first-order chi connectivity index (χ1) is 16.1. The number of aromatic nitrogens is 2. The lowest BCUT2D eigenvalue weighted by Gasteiger charge is -2.29. The Bertz CT molecular complexity index is 1300. The van der Waals surface area contributed by atoms with E-state index in [2.05, 4.69) is 11.7 Å². The Labute approximate surface area is 199 Å². The van der Waals surface area contributed by atoms with Gasteiger partial charge in [-0.3, -0.25) is 19.3 Å². The standard InChI is InChI=1S/C26H31FN4O3/c1-8-30(18(5)15-34-7)26(33)29(6)23-14-22-20(13-21(23)27)25(32)24(28-31(22)16(2)3)19-12-10-9-11-17(19)4/h9-14,16H,5,8,15H2,1-4,6-7H3. The van der Waals surface area contributed by atoms with Crippen LogP contribution in [0.4, 0.5) is 14.9 Å². The molecular formula is C26H31FN4O3. The van der Waals surface area contributed by atoms with Gasteiger partial charge < -0.3 is 4.74 Å². The van der Waals surface area contributed by atoms with Crippen LogP contribution in [0.25, 0.3) is 22.2 Å². The molecule has 3 aromatic rings. The predicted molar refractivity (Wildman–Crippen MR) is 134 cm³/mol. The van der Waals surface area contributed by atoms with E-state index in [0.29, 0.717) is 23.3 Å². The molecular weight excluding hydrogens is 435 g/mol. The number of fused-ring (bicyclic) bond motifs is 1. The largest absolute Gasteiger partial charge is 0.378 e. The van der Waals surface area contributed by atoms with Crippen molar-refractivity contribution < 1.29 is 13.9 Å². The van der Waals surface area contributed by atoms with Crippen LogP contribution in [0, 0.1) is 12.7 Å². The van der Waals surface area contributed by atoms with E-state index >= 15 is 4.39 Å². The Balaban J connectivity index is 2.20. The van der Waals surface area contributed by atoms with Crippen LogP contribution in [-0.4, -0.2) is 48.0 Å². The number of hydrogen-bond acceptors (Lipinski definition) is 4. The van der Waals surface area contributed by atoms with Crippen molar-refractivity contribution in [3.63, 3.8) is 0 Å². The first-order valence-corrected chi connectivity index (χ1v) is 11.2. The zero-order chi connectivity index (χ0) is 25.2. The maximum absolute atomic E-state index is 15.3. The molecule has 34 heavy (non-hydrogen) atoms. The number of benzene rings is 2. The van der Waals surface area contributed by atoms with E-state index < -0.39 is 11.8 Å². The number of methoxy groups -OCH3 is 1. The van der Waals surface area contributed by atoms with Crippen LogP contribution in [0.3, 0.4) is 0 Å². The van der Waals surface area contributed by atoms with Gasteiger partial charge in [0.25, 0.3) is 0 Å². The van der Waals surface area contributed by atoms with Gasteiger partial charge in [0.2, 0.25) is 5.43 Å². The molecule has 3 rings (SSSR count). The number of carbonyl (C=O) groups is 1. The van der Waals surface area contributed by atoms with Gasteiger partial charge in [0.1, 0.15) is 11.5 Å². The van der Waals surface area contributed by atoms with Crippen molar-refractivity contribution in [3.05, 3.63) is 70.3 Å². The van der Waals surface area contributed by atoms with E-state index in [9.17, 15) is 9.59 Å². The summed E-state index contributed by atoms with van der Waals surface area (Å²) in [4.78, 5) is 29.1. The number of hydrogen-bond donors (Lipinski definition) is 0. The average Bonchev–Trinajstić information content (AvgIpc) is 2.80. The molecule has 2 amide bonds. The Morgan fingerprint density at radius 2 is 1.94 bits per heavy atom. The summed E-state index contributed by atoms with van der Waals surface area (Å²) < 4.78 is 22.1. The minimum Gasteiger partial charge on any atom is -0.378 e. The van der Waals surface area contributed by atoms with Crippen molar-refractivity contribution in [1.82, 2.24) is 14.7 Å². The lowest BCUT2D eigenvalue weighted by atomic mass is 10.0. The summed E-state index contributed by atoms with van der Waals surface area (Å²) in [5, 5.41) is 4.86. The summed E-state index contributed by atoms with van der Waals surface area (Å²) in [5.41, 5.74) is 2.48. The number of urea groups is 1. The fourth-order valence-corrected chi connectivity index (χ4v) is 3.95. The fourth-order valence-electron chi connectivity index (χ4n) is 3.95. The molecule has 8 heteroatoms. The van der Waals surface area contributed by atoms with Crippen LogP contribution in [-0.2, 0) is 4.74 Å². The normalized spacial score (nSPS) is 11.2. The summed E-state index contributed by atoms with van der Waals surface area (Å²) in [7, 11) is 3.00. The van der Waals surface area contributed by atoms with E-state index in [1.165, 1.54) is 36.1 Å². The molecule has 0 fully saturated rings. The zero-order valence-electron chi connectivity index (χ0n) is 20.6. The quantitative estimate of drug-likeness (QED) is 0.484. The second kappa shape index (κ2) is 10.2. The van der Waals surface area contributed by atoms with Crippen LogP contribution in [0.5, 0.6) is 0 Å². The van der Waals surface area contributed by atoms with Crippen LogP contribution in [0.2, 0.25) is 0 Å². The summed E-state index contributed by atoms with van der Waals surface area (Å²) in [6.45, 7) is 12.0. The second-order valence-corrected chi connectivity index (χ2v) is 8.44. The van der Waals surface area contributed by atoms with Gasteiger partial charge in [0, 0.05) is 38.0 Å². The number of amides is 2. The van der Waals surface area contributed by atoms with Gasteiger partial charge >= 0.3 is 6.03 Å². The van der Waals surface area contributed by atoms with Gasteiger partial charge in [-0.1, -0.05) is 30.8 Å². The molecule has 0 aliphatic heterocycles. The SMILES string of the molecule is C=C(COC)N(CC)C(=O)N(C)c1cc2c(cc1F)c(=O)c(-c1ccccc1C)nn2C(C)C. The van der Waals surface area contributed by atoms with E-state index in [1.807, 2.05) is 45.0 Å². The molecule has 1 aromatic heterocycles. The Morgan fingerprint density at radius 3 is 2.53 bits per heavy atom. The maximum atomic E-state index is 15.3. The minimum atomic E-state index is -0.675. The summed E-state index contributed by atoms with van der Waals surface area (Å²) >= 11 is 0. The van der Waals surface area contributed by atoms with Crippen LogP contribution in [0.15, 0.2) is 53.5 Å². The molecule has 7 nitrogen and oxygen atoms in total. The summed E-state index contributed by atoms with van der Waals surface area (Å²) in [5.74, 6) is -0.675. The molecule has 2 aromatic carbocycles. The number of ether oxygens (including phenoxy) is 1. The molecule has 180 valence electrons. The lowest BCUT2D eigenvalue weighted by Crippen LogP contribution is -2.41. The van der Waals surface area contributed by atoms with Crippen LogP contribution >= 0.6 is 0 Å². The lowest BCUT2D eigenvalue weighted by molar-refractivity contribution is 0.185. The van der Waals surface area contributed by atoms with Crippen molar-refractivity contribution in [2.45, 2.75) is 33.7 Å². The molecule has 0 saturated heterocycles. The average molecular weight is 467 g/mol. The number of nitrogens with zero attached hydrogens (tertiary/aromatic N) is 4. The highest BCUT2D eigenvalue weighted by Crippen LogP contribution is 2.28. The number of aryl methyl sites for hydroxylation is 1. The van der Waals surface area contributed by atoms with E-state index in [0.717, 1.165) is 5.56 Å². The first-order valence-electron chi connectivity index (χ1n) is 11.2. The number of likely N-dealkylation sites (N-methyl/N-ethyl adjacent to an activating group) is 1. The van der Waals surface area contributed by atoms with Crippen LogP contribution < -0.4 is 10.3 Å². The zero-order valence-corrected chi connectivity index (χ0v) is 20.6.